The normalized spacial score (nSPS) is 17.4. The van der Waals surface area contributed by atoms with Crippen LogP contribution in [-0.2, 0) is 6.18 Å². The summed E-state index contributed by atoms with van der Waals surface area (Å²) >= 11 is 6.47. The number of hydrogen-bond acceptors (Lipinski definition) is 6. The molecule has 1 aliphatic heterocycles. The maximum atomic E-state index is 13.9. The van der Waals surface area contributed by atoms with Gasteiger partial charge in [-0.3, -0.25) is 9.69 Å². The highest BCUT2D eigenvalue weighted by Crippen LogP contribution is 2.34. The summed E-state index contributed by atoms with van der Waals surface area (Å²) < 4.78 is 66.9. The molecule has 0 radical (unpaired) electrons. The molecule has 4 rings (SSSR count). The molecule has 2 unspecified atom stereocenters. The predicted molar refractivity (Wildman–Crippen MR) is 143 cm³/mol. The average molecular weight is 585 g/mol. The summed E-state index contributed by atoms with van der Waals surface area (Å²) in [6.45, 7) is 4.04. The van der Waals surface area contributed by atoms with Gasteiger partial charge in [0.25, 0.3) is 11.8 Å². The van der Waals surface area contributed by atoms with Crippen LogP contribution in [0.2, 0.25) is 5.02 Å². The Kier molecular flexibility index (Phi) is 8.79. The molecule has 1 amide bonds. The monoisotopic (exact) mass is 584 g/mol. The number of carbonyl (C=O) groups is 1. The fraction of sp³-hybridized carbons (Fsp3) is 0.481. The number of likely N-dealkylation sites (N-methyl/N-ethyl adjacent to an activating group) is 1. The molecule has 1 N–H and O–H groups in total. The van der Waals surface area contributed by atoms with Gasteiger partial charge in [0.05, 0.1) is 22.1 Å². The molecule has 7 nitrogen and oxygen atoms in total. The topological polar surface area (TPSA) is 74.2 Å². The molecule has 0 aliphatic carbocycles. The third-order valence-electron chi connectivity index (χ3n) is 7.11. The van der Waals surface area contributed by atoms with Gasteiger partial charge in [-0.1, -0.05) is 18.5 Å². The molecule has 1 aromatic carbocycles. The second-order valence-corrected chi connectivity index (χ2v) is 10.5. The number of nitrogens with one attached hydrogen (secondary N) is 1. The molecule has 3 heterocycles. The molecule has 216 valence electrons. The highest BCUT2D eigenvalue weighted by atomic mass is 35.5. The minimum atomic E-state index is -4.73. The number of hydrogen-bond donors (Lipinski definition) is 1. The number of fused-ring (bicyclic) bond motifs is 1. The number of piperidine rings is 1. The summed E-state index contributed by atoms with van der Waals surface area (Å²) in [6.07, 6.45) is -2.57. The summed E-state index contributed by atoms with van der Waals surface area (Å²) in [5, 5.41) is 4.03. The molecule has 13 heteroatoms. The second-order valence-electron chi connectivity index (χ2n) is 10.1. The minimum Gasteiger partial charge on any atom is -0.368 e. The van der Waals surface area contributed by atoms with E-state index in [1.54, 1.807) is 29.2 Å². The first-order valence-electron chi connectivity index (χ1n) is 12.9. The Balaban J connectivity index is 1.63. The summed E-state index contributed by atoms with van der Waals surface area (Å²) in [5.41, 5.74) is 1.06. The third-order valence-corrected chi connectivity index (χ3v) is 7.43. The van der Waals surface area contributed by atoms with E-state index in [1.807, 2.05) is 13.8 Å². The number of likely N-dealkylation sites (tertiary alicyclic amines) is 1. The van der Waals surface area contributed by atoms with Crippen molar-refractivity contribution < 1.29 is 26.7 Å². The van der Waals surface area contributed by atoms with Crippen LogP contribution in [-0.4, -0.2) is 69.3 Å². The maximum absolute atomic E-state index is 13.9. The molecule has 40 heavy (non-hydrogen) atoms. The Labute approximate surface area is 233 Å². The van der Waals surface area contributed by atoms with Gasteiger partial charge in [-0.25, -0.2) is 23.7 Å². The van der Waals surface area contributed by atoms with Crippen LogP contribution in [0.25, 0.3) is 10.9 Å². The lowest BCUT2D eigenvalue weighted by Gasteiger charge is -2.39. The summed E-state index contributed by atoms with van der Waals surface area (Å²) in [6, 6.07) is 6.30. The van der Waals surface area contributed by atoms with Crippen molar-refractivity contribution in [3.63, 3.8) is 0 Å². The van der Waals surface area contributed by atoms with Gasteiger partial charge < -0.3 is 10.2 Å². The van der Waals surface area contributed by atoms with Gasteiger partial charge in [-0.05, 0) is 37.6 Å². The van der Waals surface area contributed by atoms with Crippen LogP contribution >= 0.6 is 11.6 Å². The van der Waals surface area contributed by atoms with Gasteiger partial charge in [0, 0.05) is 68.9 Å². The first kappa shape index (κ1) is 29.9. The van der Waals surface area contributed by atoms with E-state index in [-0.39, 0.29) is 41.8 Å². The van der Waals surface area contributed by atoms with Gasteiger partial charge in [0.2, 0.25) is 5.82 Å². The van der Waals surface area contributed by atoms with E-state index in [2.05, 4.69) is 20.3 Å². The van der Waals surface area contributed by atoms with Crippen LogP contribution in [0.15, 0.2) is 36.7 Å². The first-order chi connectivity index (χ1) is 18.8. The number of anilines is 1. The first-order valence-corrected chi connectivity index (χ1v) is 13.3. The maximum Gasteiger partial charge on any atom is 0.451 e. The number of rotatable bonds is 8. The fourth-order valence-corrected chi connectivity index (χ4v) is 4.86. The van der Waals surface area contributed by atoms with Crippen molar-refractivity contribution in [3.8, 4) is 0 Å². The summed E-state index contributed by atoms with van der Waals surface area (Å²) in [5.74, 6) is -3.92. The highest BCUT2D eigenvalue weighted by Gasteiger charge is 2.38. The number of nitrogens with zero attached hydrogens (tertiary/aromatic N) is 5. The molecule has 0 bridgehead atoms. The van der Waals surface area contributed by atoms with Crippen molar-refractivity contribution in [2.24, 2.45) is 0 Å². The number of pyridine rings is 1. The number of benzene rings is 1. The van der Waals surface area contributed by atoms with Crippen molar-refractivity contribution in [3.05, 3.63) is 58.6 Å². The predicted octanol–water partition coefficient (Wildman–Crippen LogP) is 6.45. The van der Waals surface area contributed by atoms with E-state index in [9.17, 15) is 26.7 Å². The van der Waals surface area contributed by atoms with Crippen molar-refractivity contribution in [2.45, 2.75) is 57.3 Å². The zero-order valence-corrected chi connectivity index (χ0v) is 23.0. The van der Waals surface area contributed by atoms with Gasteiger partial charge in [-0.2, -0.15) is 13.2 Å². The SMILES string of the molecule is CCC(C)Nc1ccc2c(C(=O)N(C)CC(c3cnc(C(F)(F)F)nc3)N3CCC(F)(F)CC3)c(Cl)ccc2n1. The summed E-state index contributed by atoms with van der Waals surface area (Å²) in [7, 11) is 1.53. The van der Waals surface area contributed by atoms with E-state index < -0.39 is 42.7 Å². The standard InChI is InChI=1S/C27H30ClF5N6O/c1-4-16(2)36-22-8-5-18-20(37-22)7-6-19(28)23(18)24(40)38(3)15-21(39-11-9-26(29,30)10-12-39)17-13-34-25(35-14-17)27(31,32)33/h5-8,13-14,16,21H,4,9-12,15H2,1-3H3,(H,36,37). The Bertz CT molecular complexity index is 1340. The molecule has 0 spiro atoms. The van der Waals surface area contributed by atoms with Crippen molar-refractivity contribution in [2.75, 3.05) is 32.0 Å². The average Bonchev–Trinajstić information content (AvgIpc) is 2.91. The van der Waals surface area contributed by atoms with Crippen molar-refractivity contribution in [1.82, 2.24) is 24.8 Å². The van der Waals surface area contributed by atoms with E-state index in [1.165, 1.54) is 11.9 Å². The van der Waals surface area contributed by atoms with Crippen molar-refractivity contribution >= 4 is 34.2 Å². The van der Waals surface area contributed by atoms with Crippen molar-refractivity contribution in [1.29, 1.82) is 0 Å². The lowest BCUT2D eigenvalue weighted by molar-refractivity contribution is -0.145. The lowest BCUT2D eigenvalue weighted by atomic mass is 10.0. The largest absolute Gasteiger partial charge is 0.451 e. The highest BCUT2D eigenvalue weighted by molar-refractivity contribution is 6.35. The van der Waals surface area contributed by atoms with Gasteiger partial charge >= 0.3 is 6.18 Å². The molecular weight excluding hydrogens is 555 g/mol. The van der Waals surface area contributed by atoms with E-state index in [0.29, 0.717) is 16.7 Å². The van der Waals surface area contributed by atoms with Crippen LogP contribution < -0.4 is 5.32 Å². The van der Waals surface area contributed by atoms with E-state index in [0.717, 1.165) is 18.8 Å². The fourth-order valence-electron chi connectivity index (χ4n) is 4.61. The molecule has 1 aliphatic rings. The second kappa shape index (κ2) is 11.8. The van der Waals surface area contributed by atoms with Crippen LogP contribution in [0.1, 0.15) is 60.9 Å². The lowest BCUT2D eigenvalue weighted by Crippen LogP contribution is -2.45. The van der Waals surface area contributed by atoms with Crippen LogP contribution in [0, 0.1) is 0 Å². The van der Waals surface area contributed by atoms with Crippen LogP contribution in [0.5, 0.6) is 0 Å². The Hall–Kier alpha value is -3.12. The number of aromatic nitrogens is 3. The third kappa shape index (κ3) is 6.77. The molecule has 0 saturated carbocycles. The molecule has 2 atom stereocenters. The zero-order valence-electron chi connectivity index (χ0n) is 22.3. The molecular formula is C27H30ClF5N6O. The van der Waals surface area contributed by atoms with Crippen LogP contribution in [0.3, 0.4) is 0 Å². The number of halogens is 6. The summed E-state index contributed by atoms with van der Waals surface area (Å²) in [4.78, 5) is 28.3. The Morgan fingerprint density at radius 3 is 2.40 bits per heavy atom. The van der Waals surface area contributed by atoms with E-state index >= 15 is 0 Å². The Morgan fingerprint density at radius 1 is 1.15 bits per heavy atom. The quantitative estimate of drug-likeness (QED) is 0.307. The molecule has 1 saturated heterocycles. The Morgan fingerprint density at radius 2 is 1.80 bits per heavy atom. The molecule has 2 aromatic heterocycles. The minimum absolute atomic E-state index is 0.00831. The van der Waals surface area contributed by atoms with Gasteiger partial charge in [0.15, 0.2) is 0 Å². The zero-order chi connectivity index (χ0) is 29.2. The number of alkyl halides is 5. The van der Waals surface area contributed by atoms with Gasteiger partial charge in [0.1, 0.15) is 5.82 Å². The van der Waals surface area contributed by atoms with E-state index in [4.69, 9.17) is 11.6 Å². The number of carbonyl (C=O) groups excluding carboxylic acids is 1. The molecule has 3 aromatic rings. The molecule has 1 fully saturated rings. The number of amides is 1. The van der Waals surface area contributed by atoms with Crippen LogP contribution in [0.4, 0.5) is 27.8 Å². The smallest absolute Gasteiger partial charge is 0.368 e. The van der Waals surface area contributed by atoms with Gasteiger partial charge in [-0.15, -0.1) is 0 Å².